The van der Waals surface area contributed by atoms with E-state index in [4.69, 9.17) is 4.74 Å². The van der Waals surface area contributed by atoms with E-state index in [1.807, 2.05) is 26.8 Å². The van der Waals surface area contributed by atoms with Crippen molar-refractivity contribution in [1.29, 1.82) is 0 Å². The molecule has 1 aromatic rings. The quantitative estimate of drug-likeness (QED) is 0.755. The zero-order valence-corrected chi connectivity index (χ0v) is 14.0. The maximum absolute atomic E-state index is 12.1. The maximum Gasteiger partial charge on any atom is 0.252 e. The highest BCUT2D eigenvalue weighted by Crippen LogP contribution is 2.29. The van der Waals surface area contributed by atoms with Crippen LogP contribution in [-0.4, -0.2) is 18.6 Å². The molecule has 0 saturated heterocycles. The molecule has 0 bridgehead atoms. The van der Waals surface area contributed by atoms with Crippen molar-refractivity contribution in [3.63, 3.8) is 0 Å². The Morgan fingerprint density at radius 3 is 2.47 bits per heavy atom. The fourth-order valence-electron chi connectivity index (χ4n) is 1.27. The number of halogens is 2. The summed E-state index contributed by atoms with van der Waals surface area (Å²) in [6, 6.07) is 3.61. The SMILES string of the molecule is COc1cc(I)c(C(=O)NC(C)(C)C)cc1Br. The maximum atomic E-state index is 12.1. The second kappa shape index (κ2) is 5.56. The Bertz CT molecular complexity index is 441. The Morgan fingerprint density at radius 2 is 2.00 bits per heavy atom. The predicted molar refractivity (Wildman–Crippen MR) is 80.6 cm³/mol. The molecule has 5 heteroatoms. The Kier molecular flexibility index (Phi) is 4.83. The van der Waals surface area contributed by atoms with E-state index in [1.165, 1.54) is 0 Å². The van der Waals surface area contributed by atoms with Crippen molar-refractivity contribution in [1.82, 2.24) is 5.32 Å². The Balaban J connectivity index is 3.07. The molecule has 17 heavy (non-hydrogen) atoms. The molecule has 0 radical (unpaired) electrons. The molecule has 1 N–H and O–H groups in total. The topological polar surface area (TPSA) is 38.3 Å². The predicted octanol–water partition coefficient (Wildman–Crippen LogP) is 3.59. The minimum Gasteiger partial charge on any atom is -0.496 e. The van der Waals surface area contributed by atoms with Gasteiger partial charge in [-0.15, -0.1) is 0 Å². The average molecular weight is 412 g/mol. The van der Waals surface area contributed by atoms with Crippen LogP contribution in [0.4, 0.5) is 0 Å². The van der Waals surface area contributed by atoms with Crippen molar-refractivity contribution >= 4 is 44.4 Å². The first-order valence-electron chi connectivity index (χ1n) is 5.10. The fourth-order valence-corrected chi connectivity index (χ4v) is 2.46. The highest BCUT2D eigenvalue weighted by molar-refractivity contribution is 14.1. The summed E-state index contributed by atoms with van der Waals surface area (Å²) in [7, 11) is 1.60. The van der Waals surface area contributed by atoms with Crippen LogP contribution in [0.1, 0.15) is 31.1 Å². The van der Waals surface area contributed by atoms with E-state index in [2.05, 4.69) is 43.8 Å². The number of hydrogen-bond acceptors (Lipinski definition) is 2. The first-order valence-corrected chi connectivity index (χ1v) is 6.97. The number of amides is 1. The van der Waals surface area contributed by atoms with Crippen molar-refractivity contribution < 1.29 is 9.53 Å². The van der Waals surface area contributed by atoms with Gasteiger partial charge in [0.15, 0.2) is 0 Å². The summed E-state index contributed by atoms with van der Waals surface area (Å²) >= 11 is 5.51. The molecule has 3 nitrogen and oxygen atoms in total. The van der Waals surface area contributed by atoms with Crippen molar-refractivity contribution in [3.05, 3.63) is 25.7 Å². The third-order valence-electron chi connectivity index (χ3n) is 1.97. The summed E-state index contributed by atoms with van der Waals surface area (Å²) < 4.78 is 6.82. The molecule has 1 rings (SSSR count). The van der Waals surface area contributed by atoms with Gasteiger partial charge in [-0.2, -0.15) is 0 Å². The highest BCUT2D eigenvalue weighted by Gasteiger charge is 2.18. The third kappa shape index (κ3) is 4.13. The molecule has 0 aliphatic rings. The first kappa shape index (κ1) is 14.8. The van der Waals surface area contributed by atoms with E-state index >= 15 is 0 Å². The number of carbonyl (C=O) groups excluding carboxylic acids is 1. The molecule has 0 spiro atoms. The van der Waals surface area contributed by atoms with E-state index in [-0.39, 0.29) is 11.4 Å². The van der Waals surface area contributed by atoms with Crippen LogP contribution in [0.2, 0.25) is 0 Å². The van der Waals surface area contributed by atoms with Crippen LogP contribution in [0.25, 0.3) is 0 Å². The van der Waals surface area contributed by atoms with E-state index in [1.54, 1.807) is 13.2 Å². The number of benzene rings is 1. The minimum atomic E-state index is -0.243. The molecule has 0 fully saturated rings. The third-order valence-corrected chi connectivity index (χ3v) is 3.49. The Morgan fingerprint density at radius 1 is 1.41 bits per heavy atom. The highest BCUT2D eigenvalue weighted by atomic mass is 127. The van der Waals surface area contributed by atoms with Gasteiger partial charge >= 0.3 is 0 Å². The van der Waals surface area contributed by atoms with Crippen LogP contribution in [0.15, 0.2) is 16.6 Å². The molecule has 1 amide bonds. The zero-order valence-electron chi connectivity index (χ0n) is 10.2. The van der Waals surface area contributed by atoms with E-state index in [9.17, 15) is 4.79 Å². The van der Waals surface area contributed by atoms with Gasteiger partial charge in [0.1, 0.15) is 5.75 Å². The molecule has 0 atom stereocenters. The van der Waals surface area contributed by atoms with Crippen LogP contribution in [0, 0.1) is 3.57 Å². The molecule has 0 saturated carbocycles. The first-order chi connectivity index (χ1) is 7.74. The lowest BCUT2D eigenvalue weighted by Crippen LogP contribution is -2.40. The van der Waals surface area contributed by atoms with Gasteiger partial charge in [-0.05, 0) is 71.4 Å². The van der Waals surface area contributed by atoms with Gasteiger partial charge in [0.25, 0.3) is 5.91 Å². The number of carbonyl (C=O) groups is 1. The Hall–Kier alpha value is -0.300. The molecule has 0 aliphatic carbocycles. The summed E-state index contributed by atoms with van der Waals surface area (Å²) in [6.45, 7) is 5.86. The summed E-state index contributed by atoms with van der Waals surface area (Å²) in [5, 5.41) is 2.94. The van der Waals surface area contributed by atoms with Gasteiger partial charge in [-0.1, -0.05) is 0 Å². The summed E-state index contributed by atoms with van der Waals surface area (Å²) in [5.41, 5.74) is 0.403. The van der Waals surface area contributed by atoms with Gasteiger partial charge in [0.2, 0.25) is 0 Å². The van der Waals surface area contributed by atoms with Crippen LogP contribution in [0.5, 0.6) is 5.75 Å². The molecule has 0 aliphatic heterocycles. The van der Waals surface area contributed by atoms with Gasteiger partial charge in [0, 0.05) is 9.11 Å². The summed E-state index contributed by atoms with van der Waals surface area (Å²) in [5.74, 6) is 0.645. The molecule has 0 heterocycles. The van der Waals surface area contributed by atoms with Crippen molar-refractivity contribution in [2.45, 2.75) is 26.3 Å². The van der Waals surface area contributed by atoms with E-state index < -0.39 is 0 Å². The summed E-state index contributed by atoms with van der Waals surface area (Å²) in [4.78, 5) is 12.1. The van der Waals surface area contributed by atoms with Crippen LogP contribution < -0.4 is 10.1 Å². The lowest BCUT2D eigenvalue weighted by molar-refractivity contribution is 0.0918. The monoisotopic (exact) mass is 411 g/mol. The number of rotatable bonds is 2. The molecule has 0 unspecified atom stereocenters. The zero-order chi connectivity index (χ0) is 13.2. The van der Waals surface area contributed by atoms with Crippen molar-refractivity contribution in [2.75, 3.05) is 7.11 Å². The molecule has 94 valence electrons. The minimum absolute atomic E-state index is 0.0785. The van der Waals surface area contributed by atoms with Crippen molar-refractivity contribution in [2.24, 2.45) is 0 Å². The number of methoxy groups -OCH3 is 1. The van der Waals surface area contributed by atoms with Crippen LogP contribution >= 0.6 is 38.5 Å². The standard InChI is InChI=1S/C12H15BrINO2/c1-12(2,3)15-11(16)7-5-8(13)10(17-4)6-9(7)14/h5-6H,1-4H3,(H,15,16). The van der Waals surface area contributed by atoms with Crippen LogP contribution in [-0.2, 0) is 0 Å². The van der Waals surface area contributed by atoms with Gasteiger partial charge in [-0.25, -0.2) is 0 Å². The smallest absolute Gasteiger partial charge is 0.252 e. The second-order valence-corrected chi connectivity index (χ2v) is 6.69. The molecular formula is C12H15BrINO2. The number of ether oxygens (including phenoxy) is 1. The largest absolute Gasteiger partial charge is 0.496 e. The van der Waals surface area contributed by atoms with Gasteiger partial charge in [-0.3, -0.25) is 4.79 Å². The van der Waals surface area contributed by atoms with Crippen LogP contribution in [0.3, 0.4) is 0 Å². The van der Waals surface area contributed by atoms with E-state index in [0.717, 1.165) is 13.8 Å². The molecule has 1 aromatic carbocycles. The van der Waals surface area contributed by atoms with E-state index in [0.29, 0.717) is 5.56 Å². The summed E-state index contributed by atoms with van der Waals surface area (Å²) in [6.07, 6.45) is 0. The Labute approximate surface area is 124 Å². The van der Waals surface area contributed by atoms with Gasteiger partial charge < -0.3 is 10.1 Å². The average Bonchev–Trinajstić information content (AvgIpc) is 2.18. The second-order valence-electron chi connectivity index (χ2n) is 4.67. The fraction of sp³-hybridized carbons (Fsp3) is 0.417. The van der Waals surface area contributed by atoms with Gasteiger partial charge in [0.05, 0.1) is 17.1 Å². The number of hydrogen-bond donors (Lipinski definition) is 1. The lowest BCUT2D eigenvalue weighted by Gasteiger charge is -2.21. The van der Waals surface area contributed by atoms with Crippen molar-refractivity contribution in [3.8, 4) is 5.75 Å². The normalized spacial score (nSPS) is 11.2. The lowest BCUT2D eigenvalue weighted by atomic mass is 10.1. The molecule has 0 aromatic heterocycles. The molecular weight excluding hydrogens is 397 g/mol. The number of nitrogens with one attached hydrogen (secondary N) is 1.